The first-order chi connectivity index (χ1) is 6.69. The third kappa shape index (κ3) is 2.53. The van der Waals surface area contributed by atoms with Gasteiger partial charge in [0.15, 0.2) is 0 Å². The van der Waals surface area contributed by atoms with Crippen molar-refractivity contribution in [1.82, 2.24) is 9.97 Å². The molecule has 0 radical (unpaired) electrons. The number of hydrogen-bond donors (Lipinski definition) is 0. The van der Waals surface area contributed by atoms with Crippen LogP contribution in [0.25, 0.3) is 0 Å². The zero-order chi connectivity index (χ0) is 10.6. The molecule has 14 heavy (non-hydrogen) atoms. The fourth-order valence-electron chi connectivity index (χ4n) is 1.29. The van der Waals surface area contributed by atoms with Gasteiger partial charge in [-0.05, 0) is 24.7 Å². The molecule has 0 spiro atoms. The van der Waals surface area contributed by atoms with Gasteiger partial charge < -0.3 is 0 Å². The van der Waals surface area contributed by atoms with Gasteiger partial charge in [0.25, 0.3) is 0 Å². The van der Waals surface area contributed by atoms with Gasteiger partial charge in [0.1, 0.15) is 0 Å². The molecule has 2 nitrogen and oxygen atoms in total. The lowest BCUT2D eigenvalue weighted by atomic mass is 10.0. The highest BCUT2D eigenvalue weighted by Gasteiger charge is 2.09. The van der Waals surface area contributed by atoms with E-state index in [-0.39, 0.29) is 0 Å². The second kappa shape index (κ2) is 5.08. The Bertz CT molecular complexity index is 258. The van der Waals surface area contributed by atoms with Crippen LogP contribution in [-0.4, -0.2) is 9.97 Å². The van der Waals surface area contributed by atoms with E-state index in [2.05, 4.69) is 37.7 Å². The summed E-state index contributed by atoms with van der Waals surface area (Å²) in [6, 6.07) is 0. The second-order valence-electron chi connectivity index (χ2n) is 3.99. The maximum Gasteiger partial charge on any atom is 0.0618 e. The molecule has 0 N–H and O–H groups in total. The monoisotopic (exact) mass is 192 g/mol. The predicted octanol–water partition coefficient (Wildman–Crippen LogP) is 3.50. The van der Waals surface area contributed by atoms with E-state index < -0.39 is 0 Å². The summed E-state index contributed by atoms with van der Waals surface area (Å²) in [6.45, 7) is 8.76. The predicted molar refractivity (Wildman–Crippen MR) is 59.4 cm³/mol. The number of rotatable bonds is 4. The fourth-order valence-corrected chi connectivity index (χ4v) is 1.29. The first-order valence-corrected chi connectivity index (χ1v) is 5.50. The molecule has 1 aromatic rings. The Kier molecular flexibility index (Phi) is 4.05. The highest BCUT2D eigenvalue weighted by Crippen LogP contribution is 2.19. The number of hydrogen-bond acceptors (Lipinski definition) is 2. The normalized spacial score (nSPS) is 15.1. The summed E-state index contributed by atoms with van der Waals surface area (Å²) in [4.78, 5) is 8.91. The number of aromatic nitrogens is 2. The highest BCUT2D eigenvalue weighted by molar-refractivity contribution is 5.10. The summed E-state index contributed by atoms with van der Waals surface area (Å²) >= 11 is 0. The largest absolute Gasteiger partial charge is 0.261 e. The minimum atomic E-state index is 0.520. The van der Waals surface area contributed by atoms with Gasteiger partial charge in [0.2, 0.25) is 0 Å². The van der Waals surface area contributed by atoms with Crippen molar-refractivity contribution in [1.29, 1.82) is 0 Å². The molecule has 0 aromatic carbocycles. The Morgan fingerprint density at radius 2 is 1.43 bits per heavy atom. The maximum atomic E-state index is 4.65. The lowest BCUT2D eigenvalue weighted by Gasteiger charge is -2.12. The summed E-state index contributed by atoms with van der Waals surface area (Å²) < 4.78 is 0. The van der Waals surface area contributed by atoms with Crippen molar-refractivity contribution in [2.45, 2.75) is 52.4 Å². The third-order valence-electron chi connectivity index (χ3n) is 2.91. The van der Waals surface area contributed by atoms with Crippen LogP contribution in [0.5, 0.6) is 0 Å². The molecule has 0 saturated heterocycles. The SMILES string of the molecule is CCC(C)c1cncc(C(C)CC)n1. The summed E-state index contributed by atoms with van der Waals surface area (Å²) in [6.07, 6.45) is 6.03. The molecule has 0 fully saturated rings. The Morgan fingerprint density at radius 3 is 1.79 bits per heavy atom. The van der Waals surface area contributed by atoms with Crippen LogP contribution in [0.1, 0.15) is 63.8 Å². The van der Waals surface area contributed by atoms with Gasteiger partial charge in [-0.2, -0.15) is 0 Å². The van der Waals surface area contributed by atoms with Crippen molar-refractivity contribution in [3.8, 4) is 0 Å². The average molecular weight is 192 g/mol. The Balaban J connectivity index is 2.89. The Labute approximate surface area is 86.8 Å². The molecular weight excluding hydrogens is 172 g/mol. The van der Waals surface area contributed by atoms with Gasteiger partial charge in [-0.1, -0.05) is 27.7 Å². The van der Waals surface area contributed by atoms with E-state index in [9.17, 15) is 0 Å². The summed E-state index contributed by atoms with van der Waals surface area (Å²) in [5.41, 5.74) is 2.26. The molecule has 0 aliphatic heterocycles. The Morgan fingerprint density at radius 1 is 1.00 bits per heavy atom. The van der Waals surface area contributed by atoms with Crippen LogP contribution in [0, 0.1) is 0 Å². The Hall–Kier alpha value is -0.920. The zero-order valence-electron chi connectivity index (χ0n) is 9.62. The van der Waals surface area contributed by atoms with E-state index in [1.54, 1.807) is 0 Å². The van der Waals surface area contributed by atoms with Crippen LogP contribution >= 0.6 is 0 Å². The zero-order valence-corrected chi connectivity index (χ0v) is 9.62. The van der Waals surface area contributed by atoms with Crippen LogP contribution in [0.3, 0.4) is 0 Å². The quantitative estimate of drug-likeness (QED) is 0.729. The van der Waals surface area contributed by atoms with Crippen molar-refractivity contribution in [3.63, 3.8) is 0 Å². The molecule has 0 bridgehead atoms. The second-order valence-corrected chi connectivity index (χ2v) is 3.99. The molecule has 0 aliphatic rings. The van der Waals surface area contributed by atoms with E-state index in [0.29, 0.717) is 11.8 Å². The van der Waals surface area contributed by atoms with Crippen molar-refractivity contribution >= 4 is 0 Å². The van der Waals surface area contributed by atoms with Crippen molar-refractivity contribution in [2.75, 3.05) is 0 Å². The first kappa shape index (κ1) is 11.2. The molecule has 2 atom stereocenters. The van der Waals surface area contributed by atoms with Gasteiger partial charge in [0, 0.05) is 12.4 Å². The van der Waals surface area contributed by atoms with E-state index in [4.69, 9.17) is 0 Å². The minimum Gasteiger partial charge on any atom is -0.261 e. The topological polar surface area (TPSA) is 25.8 Å². The molecule has 1 heterocycles. The summed E-state index contributed by atoms with van der Waals surface area (Å²) in [7, 11) is 0. The van der Waals surface area contributed by atoms with Gasteiger partial charge in [-0.15, -0.1) is 0 Å². The van der Waals surface area contributed by atoms with Crippen molar-refractivity contribution in [3.05, 3.63) is 23.8 Å². The molecule has 2 heteroatoms. The average Bonchev–Trinajstić information content (AvgIpc) is 2.27. The van der Waals surface area contributed by atoms with Gasteiger partial charge in [-0.3, -0.25) is 9.97 Å². The van der Waals surface area contributed by atoms with Crippen LogP contribution in [0.15, 0.2) is 12.4 Å². The van der Waals surface area contributed by atoms with E-state index >= 15 is 0 Å². The van der Waals surface area contributed by atoms with Crippen molar-refractivity contribution < 1.29 is 0 Å². The van der Waals surface area contributed by atoms with E-state index in [1.165, 1.54) is 0 Å². The molecule has 1 rings (SSSR count). The van der Waals surface area contributed by atoms with Gasteiger partial charge in [-0.25, -0.2) is 0 Å². The van der Waals surface area contributed by atoms with Gasteiger partial charge >= 0.3 is 0 Å². The molecule has 1 aromatic heterocycles. The molecule has 78 valence electrons. The van der Waals surface area contributed by atoms with Crippen LogP contribution in [-0.2, 0) is 0 Å². The fraction of sp³-hybridized carbons (Fsp3) is 0.667. The smallest absolute Gasteiger partial charge is 0.0618 e. The summed E-state index contributed by atoms with van der Waals surface area (Å²) in [5, 5.41) is 0. The van der Waals surface area contributed by atoms with Crippen LogP contribution in [0.2, 0.25) is 0 Å². The highest BCUT2D eigenvalue weighted by atomic mass is 14.8. The lowest BCUT2D eigenvalue weighted by Crippen LogP contribution is -2.03. The third-order valence-corrected chi connectivity index (χ3v) is 2.91. The standard InChI is InChI=1S/C12H20N2/c1-5-9(3)11-7-13-8-12(14-11)10(4)6-2/h7-10H,5-6H2,1-4H3. The molecule has 2 unspecified atom stereocenters. The van der Waals surface area contributed by atoms with E-state index in [0.717, 1.165) is 24.2 Å². The maximum absolute atomic E-state index is 4.65. The molecule has 0 amide bonds. The molecule has 0 aliphatic carbocycles. The van der Waals surface area contributed by atoms with Crippen molar-refractivity contribution in [2.24, 2.45) is 0 Å². The van der Waals surface area contributed by atoms with E-state index in [1.807, 2.05) is 12.4 Å². The number of nitrogens with zero attached hydrogens (tertiary/aromatic N) is 2. The first-order valence-electron chi connectivity index (χ1n) is 5.50. The van der Waals surface area contributed by atoms with Gasteiger partial charge in [0.05, 0.1) is 11.4 Å². The molecule has 0 saturated carbocycles. The lowest BCUT2D eigenvalue weighted by molar-refractivity contribution is 0.658. The van der Waals surface area contributed by atoms with Crippen LogP contribution in [0.4, 0.5) is 0 Å². The van der Waals surface area contributed by atoms with Crippen LogP contribution < -0.4 is 0 Å². The summed E-state index contributed by atoms with van der Waals surface area (Å²) in [5.74, 6) is 1.04. The minimum absolute atomic E-state index is 0.520. The molecular formula is C12H20N2.